The Morgan fingerprint density at radius 3 is 1.38 bits per heavy atom. The maximum Gasteiger partial charge on any atom is 0.310 e. The summed E-state index contributed by atoms with van der Waals surface area (Å²) in [7, 11) is 0. The highest BCUT2D eigenvalue weighted by atomic mass is 32.1. The van der Waals surface area contributed by atoms with Gasteiger partial charge in [-0.05, 0) is 158 Å². The molecule has 0 bridgehead atoms. The van der Waals surface area contributed by atoms with Gasteiger partial charge < -0.3 is 43.7 Å². The van der Waals surface area contributed by atoms with E-state index in [0.29, 0.717) is 72.5 Å². The number of carboxylic acid groups (broad SMARTS) is 1. The number of nitrogens with zero attached hydrogens (tertiary/aromatic N) is 8. The monoisotopic (exact) mass is 1080 g/mol. The summed E-state index contributed by atoms with van der Waals surface area (Å²) in [5.74, 6) is -1.06. The fourth-order valence-corrected chi connectivity index (χ4v) is 12.2. The van der Waals surface area contributed by atoms with E-state index in [1.54, 1.807) is 45.3 Å². The van der Waals surface area contributed by atoms with Gasteiger partial charge in [-0.3, -0.25) is 9.59 Å². The average Bonchev–Trinajstić information content (AvgIpc) is 4.23. The second-order valence-corrected chi connectivity index (χ2v) is 21.1. The Kier molecular flexibility index (Phi) is 30.6. The summed E-state index contributed by atoms with van der Waals surface area (Å²) in [4.78, 5) is 39.1. The van der Waals surface area contributed by atoms with E-state index in [1.807, 2.05) is 0 Å². The number of thiophene rings is 4. The van der Waals surface area contributed by atoms with Crippen molar-refractivity contribution in [2.24, 2.45) is 22.1 Å². The minimum atomic E-state index is -0.649. The third-order valence-corrected chi connectivity index (χ3v) is 16.2. The maximum atomic E-state index is 12.6. The smallest absolute Gasteiger partial charge is 0.310 e. The molecule has 2 aliphatic rings. The zero-order valence-corrected chi connectivity index (χ0v) is 46.1. The molecule has 6 heterocycles. The lowest BCUT2D eigenvalue weighted by Gasteiger charge is -2.31. The number of azide groups is 2. The van der Waals surface area contributed by atoms with Crippen LogP contribution in [0.15, 0.2) is 68.2 Å². The van der Waals surface area contributed by atoms with Crippen LogP contribution in [-0.4, -0.2) is 150 Å². The van der Waals surface area contributed by atoms with Crippen molar-refractivity contribution in [3.8, 4) is 0 Å². The standard InChI is InChI=1S/C26H36N4O4S2.C20H25NO2S2.C6H13N3O3/c1-20-7-17-35-24(20)23(25-21(2)8-18-36-25)6-4-11-30-10-3-5-22(19-30)26(31)34-16-15-33-14-13-32-12-9-28-29-27;1-14-7-11-24-18(14)17(19-15(2)8-12-25-19)6-4-10-21-9-3-5-16(13-21)20(22)23;7-9-8-1-3-11-5-6-12-4-2-10/h6-8,17-18,22H,3-5,9-16,19H2,1-2H3;6-8,11-12,16H,3-5,9-10,13H2,1-2H3,(H,22,23);10H,1-6H2/t22-;16-;/m11./s1. The first-order chi connectivity index (χ1) is 35.6. The molecule has 400 valence electrons. The summed E-state index contributed by atoms with van der Waals surface area (Å²) in [6, 6.07) is 8.73. The van der Waals surface area contributed by atoms with E-state index in [-0.39, 0.29) is 31.0 Å². The number of aliphatic hydroxyl groups excluding tert-OH is 1. The summed E-state index contributed by atoms with van der Waals surface area (Å²) >= 11 is 7.21. The zero-order valence-electron chi connectivity index (χ0n) is 42.9. The van der Waals surface area contributed by atoms with Crippen molar-refractivity contribution in [1.29, 1.82) is 0 Å². The molecule has 0 unspecified atom stereocenters. The largest absolute Gasteiger partial charge is 0.481 e. The van der Waals surface area contributed by atoms with E-state index in [2.05, 4.69) is 115 Å². The molecule has 0 spiro atoms. The molecule has 2 saturated heterocycles. The highest BCUT2D eigenvalue weighted by Gasteiger charge is 2.27. The van der Waals surface area contributed by atoms with Crippen molar-refractivity contribution in [3.63, 3.8) is 0 Å². The third kappa shape index (κ3) is 22.9. The molecule has 0 aliphatic carbocycles. The Bertz CT molecular complexity index is 2280. The molecule has 21 heteroatoms. The Morgan fingerprint density at radius 1 is 0.616 bits per heavy atom. The van der Waals surface area contributed by atoms with E-state index in [0.717, 1.165) is 71.2 Å². The lowest BCUT2D eigenvalue weighted by atomic mass is 9.98. The van der Waals surface area contributed by atoms with Gasteiger partial charge in [-0.15, -0.1) is 45.3 Å². The molecule has 2 N–H and O–H groups in total. The molecule has 73 heavy (non-hydrogen) atoms. The van der Waals surface area contributed by atoms with Gasteiger partial charge in [0.1, 0.15) is 6.61 Å². The van der Waals surface area contributed by atoms with Crippen LogP contribution >= 0.6 is 45.3 Å². The normalized spacial score (nSPS) is 15.6. The number of aryl methyl sites for hydroxylation is 4. The number of piperidine rings is 2. The van der Waals surface area contributed by atoms with Gasteiger partial charge in [0.2, 0.25) is 0 Å². The maximum absolute atomic E-state index is 12.6. The number of hydrogen-bond donors (Lipinski definition) is 2. The van der Waals surface area contributed by atoms with Gasteiger partial charge >= 0.3 is 11.9 Å². The molecule has 0 saturated carbocycles. The first-order valence-corrected chi connectivity index (χ1v) is 28.5. The van der Waals surface area contributed by atoms with Crippen molar-refractivity contribution in [3.05, 3.63) is 121 Å². The zero-order chi connectivity index (χ0) is 52.5. The fraction of sp³-hybridized carbons (Fsp3) is 0.577. The van der Waals surface area contributed by atoms with Crippen LogP contribution in [-0.2, 0) is 33.3 Å². The summed E-state index contributed by atoms with van der Waals surface area (Å²) in [6.07, 6.45) is 10.3. The van der Waals surface area contributed by atoms with Crippen LogP contribution in [0.5, 0.6) is 0 Å². The number of esters is 1. The lowest BCUT2D eigenvalue weighted by Crippen LogP contribution is -2.40. The highest BCUT2D eigenvalue weighted by Crippen LogP contribution is 2.37. The molecule has 2 aliphatic heterocycles. The van der Waals surface area contributed by atoms with Crippen LogP contribution in [0.2, 0.25) is 0 Å². The lowest BCUT2D eigenvalue weighted by molar-refractivity contribution is -0.152. The average molecular weight is 1080 g/mol. The molecule has 6 rings (SSSR count). The number of rotatable bonds is 29. The number of ether oxygens (including phenoxy) is 5. The molecule has 17 nitrogen and oxygen atoms in total. The van der Waals surface area contributed by atoms with Gasteiger partial charge in [0.15, 0.2) is 0 Å². The van der Waals surface area contributed by atoms with E-state index >= 15 is 0 Å². The molecule has 0 aromatic carbocycles. The van der Waals surface area contributed by atoms with Crippen LogP contribution in [0.25, 0.3) is 32.0 Å². The van der Waals surface area contributed by atoms with Gasteiger partial charge in [0, 0.05) is 79.7 Å². The third-order valence-electron chi connectivity index (χ3n) is 12.0. The summed E-state index contributed by atoms with van der Waals surface area (Å²) in [5.41, 5.74) is 24.1. The number of carboxylic acids is 1. The molecule has 0 radical (unpaired) electrons. The number of carbonyl (C=O) groups is 2. The van der Waals surface area contributed by atoms with Crippen molar-refractivity contribution in [2.45, 2.75) is 66.2 Å². The Morgan fingerprint density at radius 2 is 1.00 bits per heavy atom. The molecule has 2 atom stereocenters. The number of carbonyl (C=O) groups excluding carboxylic acids is 1. The molecule has 0 amide bonds. The van der Waals surface area contributed by atoms with Crippen LogP contribution in [0.1, 0.15) is 80.3 Å². The number of hydrogen-bond acceptors (Lipinski definition) is 16. The van der Waals surface area contributed by atoms with Crippen molar-refractivity contribution >= 4 is 68.4 Å². The van der Waals surface area contributed by atoms with Gasteiger partial charge in [0.05, 0.1) is 71.3 Å². The van der Waals surface area contributed by atoms with Gasteiger partial charge in [-0.25, -0.2) is 0 Å². The molecular weight excluding hydrogens is 1010 g/mol. The number of aliphatic hydroxyl groups is 1. The van der Waals surface area contributed by atoms with Gasteiger partial charge in [-0.2, -0.15) is 0 Å². The summed E-state index contributed by atoms with van der Waals surface area (Å²) in [5, 5.41) is 32.9. The Hall–Kier alpha value is -4.44. The Balaban J connectivity index is 0.000000269. The first-order valence-electron chi connectivity index (χ1n) is 24.9. The van der Waals surface area contributed by atoms with Crippen LogP contribution in [0, 0.1) is 39.5 Å². The quantitative estimate of drug-likeness (QED) is 0.0171. The molecule has 2 fully saturated rings. The summed E-state index contributed by atoms with van der Waals surface area (Å²) < 4.78 is 26.1. The summed E-state index contributed by atoms with van der Waals surface area (Å²) in [6.45, 7) is 18.2. The predicted molar refractivity (Wildman–Crippen MR) is 295 cm³/mol. The van der Waals surface area contributed by atoms with E-state index in [4.69, 9.17) is 39.9 Å². The van der Waals surface area contributed by atoms with E-state index in [1.165, 1.54) is 52.9 Å². The second-order valence-electron chi connectivity index (χ2n) is 17.4. The Labute approximate surface area is 446 Å². The van der Waals surface area contributed by atoms with Crippen LogP contribution < -0.4 is 0 Å². The number of aliphatic carboxylic acids is 1. The van der Waals surface area contributed by atoms with Gasteiger partial charge in [-0.1, -0.05) is 22.4 Å². The highest BCUT2D eigenvalue weighted by molar-refractivity contribution is 7.14. The van der Waals surface area contributed by atoms with Crippen LogP contribution in [0.4, 0.5) is 0 Å². The topological polar surface area (TPSA) is 225 Å². The van der Waals surface area contributed by atoms with E-state index in [9.17, 15) is 14.7 Å². The number of likely N-dealkylation sites (tertiary alicyclic amines) is 2. The van der Waals surface area contributed by atoms with E-state index < -0.39 is 5.97 Å². The van der Waals surface area contributed by atoms with Crippen LogP contribution in [0.3, 0.4) is 0 Å². The SMILES string of the molecule is Cc1ccsc1C(=CCCN1CCC[C@@H](C(=O)O)C1)c1sccc1C.Cc1ccsc1C(=CCCN1CCC[C@@H](C(=O)OCCOCCOCCN=[N+]=[N-])C1)c1sccc1C.[N-]=[N+]=NCCOCCOCCO. The predicted octanol–water partition coefficient (Wildman–Crippen LogP) is 11.2. The fourth-order valence-electron chi connectivity index (χ4n) is 8.19. The second kappa shape index (κ2) is 36.5. The molecule has 4 aromatic heterocycles. The minimum Gasteiger partial charge on any atom is -0.481 e. The first kappa shape index (κ1) is 61.1. The van der Waals surface area contributed by atoms with Crippen molar-refractivity contribution in [2.75, 3.05) is 118 Å². The molecule has 4 aromatic rings. The minimum absolute atomic E-state index is 0.0265. The van der Waals surface area contributed by atoms with Crippen molar-refractivity contribution < 1.29 is 43.5 Å². The van der Waals surface area contributed by atoms with Gasteiger partial charge in [0.25, 0.3) is 0 Å². The molecular formula is C52H74N8O9S4. The van der Waals surface area contributed by atoms with Crippen molar-refractivity contribution in [1.82, 2.24) is 9.80 Å².